The van der Waals surface area contributed by atoms with Gasteiger partial charge in [-0.1, -0.05) is 29.8 Å². The lowest BCUT2D eigenvalue weighted by Gasteiger charge is -2.25. The van der Waals surface area contributed by atoms with E-state index in [1.165, 1.54) is 5.56 Å². The summed E-state index contributed by atoms with van der Waals surface area (Å²) in [5.41, 5.74) is 5.46. The van der Waals surface area contributed by atoms with Crippen LogP contribution in [0.25, 0.3) is 0 Å². The van der Waals surface area contributed by atoms with Crippen molar-refractivity contribution in [3.8, 4) is 0 Å². The van der Waals surface area contributed by atoms with E-state index in [4.69, 9.17) is 11.6 Å². The molecule has 1 atom stereocenters. The molecule has 0 fully saturated rings. The van der Waals surface area contributed by atoms with Gasteiger partial charge in [0.05, 0.1) is 18.0 Å². The number of nitrogens with one attached hydrogen (secondary N) is 1. The number of rotatable bonds is 6. The first kappa shape index (κ1) is 22.2. The Bertz CT molecular complexity index is 1000. The molecule has 28 heavy (non-hydrogen) atoms. The highest BCUT2D eigenvalue weighted by Crippen LogP contribution is 2.28. The Labute approximate surface area is 172 Å². The predicted molar refractivity (Wildman–Crippen MR) is 116 cm³/mol. The summed E-state index contributed by atoms with van der Waals surface area (Å²) in [6.07, 6.45) is 1.08. The van der Waals surface area contributed by atoms with Crippen molar-refractivity contribution < 1.29 is 13.2 Å². The fourth-order valence-corrected chi connectivity index (χ4v) is 4.27. The van der Waals surface area contributed by atoms with Crippen LogP contribution in [0.3, 0.4) is 0 Å². The summed E-state index contributed by atoms with van der Waals surface area (Å²) in [5, 5.41) is 3.36. The number of anilines is 1. The summed E-state index contributed by atoms with van der Waals surface area (Å²) in [5.74, 6) is -0.380. The summed E-state index contributed by atoms with van der Waals surface area (Å²) < 4.78 is 25.7. The molecule has 152 valence electrons. The largest absolute Gasteiger partial charge is 0.348 e. The fourth-order valence-electron chi connectivity index (χ4n) is 3.19. The monoisotopic (exact) mass is 422 g/mol. The lowest BCUT2D eigenvalue weighted by molar-refractivity contribution is -0.120. The summed E-state index contributed by atoms with van der Waals surface area (Å²) in [6, 6.07) is 8.91. The molecule has 0 heterocycles. The molecular formula is C21H27ClN2O3S. The van der Waals surface area contributed by atoms with E-state index in [1.807, 2.05) is 27.7 Å². The van der Waals surface area contributed by atoms with Crippen LogP contribution < -0.4 is 9.62 Å². The van der Waals surface area contributed by atoms with E-state index < -0.39 is 10.0 Å². The molecule has 0 saturated heterocycles. The molecule has 2 rings (SSSR count). The molecule has 5 nitrogen and oxygen atoms in total. The molecular weight excluding hydrogens is 396 g/mol. The minimum atomic E-state index is -3.66. The van der Waals surface area contributed by atoms with Crippen molar-refractivity contribution in [1.82, 2.24) is 5.32 Å². The maximum atomic E-state index is 12.7. The first-order valence-corrected chi connectivity index (χ1v) is 11.2. The van der Waals surface area contributed by atoms with E-state index in [0.29, 0.717) is 16.3 Å². The number of carbonyl (C=O) groups is 1. The second kappa shape index (κ2) is 8.53. The average Bonchev–Trinajstić information content (AvgIpc) is 2.57. The topological polar surface area (TPSA) is 66.5 Å². The molecule has 0 spiro atoms. The Morgan fingerprint density at radius 2 is 1.71 bits per heavy atom. The molecule has 0 aliphatic carbocycles. The van der Waals surface area contributed by atoms with Crippen molar-refractivity contribution in [3.63, 3.8) is 0 Å². The fraction of sp³-hybridized carbons (Fsp3) is 0.381. The smallest absolute Gasteiger partial charge is 0.241 e. The Morgan fingerprint density at radius 3 is 2.32 bits per heavy atom. The maximum Gasteiger partial charge on any atom is 0.241 e. The summed E-state index contributed by atoms with van der Waals surface area (Å²) in [7, 11) is -3.66. The standard InChI is InChI=1S/C21H27ClN2O3S/c1-13-10-15(3)18(11-14(13)2)17(5)23-21(25)12-24(28(6,26)27)20-9-7-8-19(22)16(20)4/h7-11,17H,12H2,1-6H3,(H,23,25)/t17-/m0/s1. The number of amides is 1. The van der Waals surface area contributed by atoms with Crippen molar-refractivity contribution >= 4 is 33.2 Å². The van der Waals surface area contributed by atoms with Crippen molar-refractivity contribution in [2.45, 2.75) is 40.7 Å². The zero-order chi connectivity index (χ0) is 21.2. The second-order valence-electron chi connectivity index (χ2n) is 7.24. The van der Waals surface area contributed by atoms with E-state index in [9.17, 15) is 13.2 Å². The summed E-state index contributed by atoms with van der Waals surface area (Å²) in [4.78, 5) is 12.7. The summed E-state index contributed by atoms with van der Waals surface area (Å²) >= 11 is 6.13. The number of aryl methyl sites for hydroxylation is 3. The van der Waals surface area contributed by atoms with E-state index in [2.05, 4.69) is 17.4 Å². The van der Waals surface area contributed by atoms with Crippen LogP contribution in [-0.2, 0) is 14.8 Å². The molecule has 0 aliphatic heterocycles. The van der Waals surface area contributed by atoms with Crippen molar-refractivity contribution in [2.24, 2.45) is 0 Å². The third-order valence-electron chi connectivity index (χ3n) is 4.92. The maximum absolute atomic E-state index is 12.7. The molecule has 1 N–H and O–H groups in total. The third-order valence-corrected chi connectivity index (χ3v) is 6.46. The molecule has 2 aromatic rings. The van der Waals surface area contributed by atoms with Crippen LogP contribution in [0.1, 0.15) is 40.8 Å². The molecule has 1 amide bonds. The highest BCUT2D eigenvalue weighted by atomic mass is 35.5. The van der Waals surface area contributed by atoms with E-state index in [1.54, 1.807) is 25.1 Å². The van der Waals surface area contributed by atoms with Crippen molar-refractivity contribution in [3.05, 3.63) is 63.2 Å². The molecule has 0 unspecified atom stereocenters. The normalized spacial score (nSPS) is 12.5. The van der Waals surface area contributed by atoms with Gasteiger partial charge in [0.15, 0.2) is 0 Å². The molecule has 0 aromatic heterocycles. The van der Waals surface area contributed by atoms with Gasteiger partial charge in [-0.05, 0) is 74.6 Å². The number of benzene rings is 2. The third kappa shape index (κ3) is 5.06. The number of hydrogen-bond acceptors (Lipinski definition) is 3. The number of sulfonamides is 1. The van der Waals surface area contributed by atoms with Crippen LogP contribution in [0.4, 0.5) is 5.69 Å². The lowest BCUT2D eigenvalue weighted by Crippen LogP contribution is -2.41. The van der Waals surface area contributed by atoms with Crippen LogP contribution in [-0.4, -0.2) is 27.1 Å². The van der Waals surface area contributed by atoms with Crippen molar-refractivity contribution in [2.75, 3.05) is 17.1 Å². The van der Waals surface area contributed by atoms with E-state index in [-0.39, 0.29) is 18.5 Å². The van der Waals surface area contributed by atoms with E-state index >= 15 is 0 Å². The zero-order valence-corrected chi connectivity index (χ0v) is 18.7. The second-order valence-corrected chi connectivity index (χ2v) is 9.55. The van der Waals surface area contributed by atoms with Crippen LogP contribution in [0.5, 0.6) is 0 Å². The Balaban J connectivity index is 2.25. The van der Waals surface area contributed by atoms with Crippen molar-refractivity contribution in [1.29, 1.82) is 0 Å². The number of halogens is 1. The number of hydrogen-bond donors (Lipinski definition) is 1. The Hall–Kier alpha value is -2.05. The molecule has 0 aliphatic rings. The molecule has 0 radical (unpaired) electrons. The van der Waals surface area contributed by atoms with Gasteiger partial charge < -0.3 is 5.32 Å². The van der Waals surface area contributed by atoms with Gasteiger partial charge in [-0.3, -0.25) is 9.10 Å². The molecule has 2 aromatic carbocycles. The van der Waals surface area contributed by atoms with Crippen LogP contribution >= 0.6 is 11.6 Å². The quantitative estimate of drug-likeness (QED) is 0.757. The number of carbonyl (C=O) groups excluding carboxylic acids is 1. The van der Waals surface area contributed by atoms with Gasteiger partial charge in [-0.15, -0.1) is 0 Å². The van der Waals surface area contributed by atoms with Crippen LogP contribution in [0, 0.1) is 27.7 Å². The van der Waals surface area contributed by atoms with Gasteiger partial charge in [0.2, 0.25) is 15.9 Å². The van der Waals surface area contributed by atoms with Gasteiger partial charge in [0.25, 0.3) is 0 Å². The van der Waals surface area contributed by atoms with Gasteiger partial charge in [-0.2, -0.15) is 0 Å². The first-order chi connectivity index (χ1) is 12.9. The van der Waals surface area contributed by atoms with Gasteiger partial charge in [0, 0.05) is 5.02 Å². The van der Waals surface area contributed by atoms with Gasteiger partial charge >= 0.3 is 0 Å². The first-order valence-electron chi connectivity index (χ1n) is 9.01. The average molecular weight is 423 g/mol. The van der Waals surface area contributed by atoms with Gasteiger partial charge in [0.1, 0.15) is 6.54 Å². The zero-order valence-electron chi connectivity index (χ0n) is 17.1. The summed E-state index contributed by atoms with van der Waals surface area (Å²) in [6.45, 7) is 9.39. The minimum absolute atomic E-state index is 0.242. The Morgan fingerprint density at radius 1 is 1.11 bits per heavy atom. The van der Waals surface area contributed by atoms with Crippen LogP contribution in [0.2, 0.25) is 5.02 Å². The van der Waals surface area contributed by atoms with Crippen LogP contribution in [0.15, 0.2) is 30.3 Å². The minimum Gasteiger partial charge on any atom is -0.348 e. The molecule has 0 bridgehead atoms. The SMILES string of the molecule is Cc1cc(C)c([C@H](C)NC(=O)CN(c2cccc(Cl)c2C)S(C)(=O)=O)cc1C. The predicted octanol–water partition coefficient (Wildman–Crippen LogP) is 4.22. The van der Waals surface area contributed by atoms with E-state index in [0.717, 1.165) is 27.3 Å². The molecule has 7 heteroatoms. The molecule has 0 saturated carbocycles. The highest BCUT2D eigenvalue weighted by molar-refractivity contribution is 7.92. The highest BCUT2D eigenvalue weighted by Gasteiger charge is 2.24. The lowest BCUT2D eigenvalue weighted by atomic mass is 9.96. The number of nitrogens with zero attached hydrogens (tertiary/aromatic N) is 1. The Kier molecular flexibility index (Phi) is 6.78. The van der Waals surface area contributed by atoms with Gasteiger partial charge in [-0.25, -0.2) is 8.42 Å².